The molecule has 144 valence electrons. The summed E-state index contributed by atoms with van der Waals surface area (Å²) < 4.78 is 0. The molecule has 3 aromatic carbocycles. The lowest BCUT2D eigenvalue weighted by molar-refractivity contribution is 0.202. The van der Waals surface area contributed by atoms with E-state index in [0.29, 0.717) is 12.1 Å². The van der Waals surface area contributed by atoms with Gasteiger partial charge in [-0.05, 0) is 48.2 Å². The van der Waals surface area contributed by atoms with Crippen LogP contribution in [0.15, 0.2) is 84.9 Å². The van der Waals surface area contributed by atoms with E-state index < -0.39 is 0 Å². The molecule has 28 heavy (non-hydrogen) atoms. The van der Waals surface area contributed by atoms with E-state index in [1.807, 2.05) is 18.2 Å². The van der Waals surface area contributed by atoms with E-state index in [0.717, 1.165) is 24.7 Å². The number of rotatable bonds is 7. The highest BCUT2D eigenvalue weighted by Crippen LogP contribution is 2.34. The number of hydrogen-bond donors (Lipinski definition) is 1. The van der Waals surface area contributed by atoms with Crippen LogP contribution in [-0.2, 0) is 6.54 Å². The highest BCUT2D eigenvalue weighted by Gasteiger charge is 2.32. The van der Waals surface area contributed by atoms with Crippen LogP contribution in [-0.4, -0.2) is 24.0 Å². The third-order valence-corrected chi connectivity index (χ3v) is 5.82. The van der Waals surface area contributed by atoms with Gasteiger partial charge in [0.2, 0.25) is 0 Å². The summed E-state index contributed by atoms with van der Waals surface area (Å²) in [7, 11) is 0. The van der Waals surface area contributed by atoms with Crippen molar-refractivity contribution in [1.82, 2.24) is 10.2 Å². The van der Waals surface area contributed by atoms with Gasteiger partial charge >= 0.3 is 0 Å². The van der Waals surface area contributed by atoms with Crippen LogP contribution in [0.1, 0.15) is 35.6 Å². The lowest BCUT2D eigenvalue weighted by atomic mass is 9.96. The number of halogens is 1. The van der Waals surface area contributed by atoms with Crippen LogP contribution < -0.4 is 5.32 Å². The molecule has 0 spiro atoms. The first kappa shape index (κ1) is 19.2. The summed E-state index contributed by atoms with van der Waals surface area (Å²) in [6.45, 7) is 2.98. The van der Waals surface area contributed by atoms with Crippen molar-refractivity contribution in [3.8, 4) is 0 Å². The first-order valence-corrected chi connectivity index (χ1v) is 10.5. The van der Waals surface area contributed by atoms with Gasteiger partial charge in [-0.1, -0.05) is 84.4 Å². The average molecular weight is 391 g/mol. The lowest BCUT2D eigenvalue weighted by Crippen LogP contribution is -2.40. The molecule has 0 bridgehead atoms. The molecule has 3 heteroatoms. The minimum absolute atomic E-state index is 0.308. The maximum Gasteiger partial charge on any atom is 0.0604 e. The number of nitrogens with one attached hydrogen (secondary N) is 1. The quantitative estimate of drug-likeness (QED) is 0.558. The number of nitrogens with zero attached hydrogens (tertiary/aromatic N) is 1. The predicted molar refractivity (Wildman–Crippen MR) is 118 cm³/mol. The van der Waals surface area contributed by atoms with E-state index in [1.165, 1.54) is 29.5 Å². The molecule has 1 heterocycles. The van der Waals surface area contributed by atoms with Gasteiger partial charge in [-0.2, -0.15) is 0 Å². The summed E-state index contributed by atoms with van der Waals surface area (Å²) in [4.78, 5) is 2.68. The van der Waals surface area contributed by atoms with Crippen molar-refractivity contribution in [3.05, 3.63) is 107 Å². The van der Waals surface area contributed by atoms with Crippen LogP contribution in [0.25, 0.3) is 0 Å². The van der Waals surface area contributed by atoms with Gasteiger partial charge in [0.25, 0.3) is 0 Å². The Morgan fingerprint density at radius 3 is 2.21 bits per heavy atom. The van der Waals surface area contributed by atoms with Gasteiger partial charge in [-0.15, -0.1) is 0 Å². The molecule has 0 radical (unpaired) electrons. The van der Waals surface area contributed by atoms with Gasteiger partial charge in [0.1, 0.15) is 0 Å². The Bertz CT molecular complexity index is 826. The normalized spacial score (nSPS) is 17.3. The maximum atomic E-state index is 6.12. The molecule has 2 nitrogen and oxygen atoms in total. The minimum atomic E-state index is 0.308. The molecule has 1 aliphatic rings. The van der Waals surface area contributed by atoms with Crippen LogP contribution in [0.2, 0.25) is 5.02 Å². The first-order valence-electron chi connectivity index (χ1n) is 10.1. The van der Waals surface area contributed by atoms with Crippen molar-refractivity contribution < 1.29 is 0 Å². The van der Waals surface area contributed by atoms with Gasteiger partial charge in [-0.3, -0.25) is 4.90 Å². The number of benzene rings is 3. The van der Waals surface area contributed by atoms with Crippen molar-refractivity contribution in [3.63, 3.8) is 0 Å². The average Bonchev–Trinajstić information content (AvgIpc) is 3.18. The summed E-state index contributed by atoms with van der Waals surface area (Å²) >= 11 is 6.12. The molecular weight excluding hydrogens is 364 g/mol. The zero-order chi connectivity index (χ0) is 19.2. The summed E-state index contributed by atoms with van der Waals surface area (Å²) in [6.07, 6.45) is 2.48. The van der Waals surface area contributed by atoms with Crippen molar-refractivity contribution in [2.24, 2.45) is 0 Å². The molecule has 0 aliphatic carbocycles. The van der Waals surface area contributed by atoms with Crippen LogP contribution in [0.5, 0.6) is 0 Å². The SMILES string of the molecule is Clc1cccc(CNCC2CCCN2C(c2ccccc2)c2ccccc2)c1. The van der Waals surface area contributed by atoms with Gasteiger partial charge in [0, 0.05) is 24.2 Å². The van der Waals surface area contributed by atoms with Crippen molar-refractivity contribution in [2.45, 2.75) is 31.5 Å². The molecule has 1 N–H and O–H groups in total. The molecule has 1 unspecified atom stereocenters. The van der Waals surface area contributed by atoms with Crippen molar-refractivity contribution >= 4 is 11.6 Å². The molecular formula is C25H27ClN2. The highest BCUT2D eigenvalue weighted by molar-refractivity contribution is 6.30. The van der Waals surface area contributed by atoms with Crippen molar-refractivity contribution in [2.75, 3.05) is 13.1 Å². The molecule has 0 amide bonds. The maximum absolute atomic E-state index is 6.12. The lowest BCUT2D eigenvalue weighted by Gasteiger charge is -2.34. The summed E-state index contributed by atoms with van der Waals surface area (Å²) in [6, 6.07) is 30.8. The zero-order valence-corrected chi connectivity index (χ0v) is 16.9. The summed E-state index contributed by atoms with van der Waals surface area (Å²) in [5.41, 5.74) is 3.98. The molecule has 1 fully saturated rings. The van der Waals surface area contributed by atoms with E-state index in [4.69, 9.17) is 11.6 Å². The second kappa shape index (κ2) is 9.38. The fourth-order valence-corrected chi connectivity index (χ4v) is 4.51. The Hall–Kier alpha value is -2.13. The Kier molecular flexibility index (Phi) is 6.43. The fraction of sp³-hybridized carbons (Fsp3) is 0.280. The fourth-order valence-electron chi connectivity index (χ4n) is 4.29. The molecule has 1 aliphatic heterocycles. The van der Waals surface area contributed by atoms with E-state index in [1.54, 1.807) is 0 Å². The Balaban J connectivity index is 1.49. The predicted octanol–water partition coefficient (Wildman–Crippen LogP) is 5.68. The first-order chi connectivity index (χ1) is 13.8. The molecule has 1 atom stereocenters. The minimum Gasteiger partial charge on any atom is -0.311 e. The summed E-state index contributed by atoms with van der Waals surface area (Å²) in [5, 5.41) is 4.46. The molecule has 4 rings (SSSR count). The standard InChI is InChI=1S/C25H27ClN2/c26-23-14-7-9-20(17-23)18-27-19-24-15-8-16-28(24)25(21-10-3-1-4-11-21)22-12-5-2-6-13-22/h1-7,9-14,17,24-25,27H,8,15-16,18-19H2. The Morgan fingerprint density at radius 2 is 1.57 bits per heavy atom. The van der Waals surface area contributed by atoms with Crippen LogP contribution >= 0.6 is 11.6 Å². The number of likely N-dealkylation sites (tertiary alicyclic amines) is 1. The Morgan fingerprint density at radius 1 is 0.893 bits per heavy atom. The van der Waals surface area contributed by atoms with Gasteiger partial charge in [0.05, 0.1) is 6.04 Å². The smallest absolute Gasteiger partial charge is 0.0604 e. The number of hydrogen-bond acceptors (Lipinski definition) is 2. The molecule has 0 aromatic heterocycles. The third-order valence-electron chi connectivity index (χ3n) is 5.58. The van der Waals surface area contributed by atoms with Gasteiger partial charge < -0.3 is 5.32 Å². The second-order valence-corrected chi connectivity index (χ2v) is 7.96. The van der Waals surface area contributed by atoms with Gasteiger partial charge in [-0.25, -0.2) is 0 Å². The largest absolute Gasteiger partial charge is 0.311 e. The van der Waals surface area contributed by atoms with E-state index in [2.05, 4.69) is 76.9 Å². The van der Waals surface area contributed by atoms with Crippen LogP contribution in [0.4, 0.5) is 0 Å². The van der Waals surface area contributed by atoms with Crippen LogP contribution in [0.3, 0.4) is 0 Å². The van der Waals surface area contributed by atoms with E-state index >= 15 is 0 Å². The van der Waals surface area contributed by atoms with Crippen molar-refractivity contribution in [1.29, 1.82) is 0 Å². The topological polar surface area (TPSA) is 15.3 Å². The highest BCUT2D eigenvalue weighted by atomic mass is 35.5. The molecule has 0 saturated carbocycles. The second-order valence-electron chi connectivity index (χ2n) is 7.52. The Labute approximate surface area is 173 Å². The monoisotopic (exact) mass is 390 g/mol. The van der Waals surface area contributed by atoms with E-state index in [9.17, 15) is 0 Å². The molecule has 1 saturated heterocycles. The zero-order valence-electron chi connectivity index (χ0n) is 16.1. The molecule has 3 aromatic rings. The van der Waals surface area contributed by atoms with E-state index in [-0.39, 0.29) is 0 Å². The summed E-state index contributed by atoms with van der Waals surface area (Å²) in [5.74, 6) is 0. The third kappa shape index (κ3) is 4.64. The van der Waals surface area contributed by atoms with Gasteiger partial charge in [0.15, 0.2) is 0 Å². The van der Waals surface area contributed by atoms with Crippen LogP contribution in [0, 0.1) is 0 Å².